The van der Waals surface area contributed by atoms with E-state index in [-0.39, 0.29) is 59.7 Å². The molecule has 0 aliphatic rings. The summed E-state index contributed by atoms with van der Waals surface area (Å²) < 4.78 is 73.3. The third-order valence-corrected chi connectivity index (χ3v) is 9.34. The predicted octanol–water partition coefficient (Wildman–Crippen LogP) is 5.17. The Morgan fingerprint density at radius 3 is 1.06 bits per heavy atom. The molecule has 0 spiro atoms. The van der Waals surface area contributed by atoms with Crippen LogP contribution in [0.5, 0.6) is 23.0 Å². The average molecular weight is 546 g/mol. The van der Waals surface area contributed by atoms with Crippen molar-refractivity contribution in [3.8, 4) is 34.1 Å². The number of hydrogen-bond donors (Lipinski definition) is 0. The normalized spacial score (nSPS) is 11.9. The lowest BCUT2D eigenvalue weighted by atomic mass is 10.0. The lowest BCUT2D eigenvalue weighted by Gasteiger charge is -2.27. The van der Waals surface area contributed by atoms with Crippen molar-refractivity contribution in [1.82, 2.24) is 0 Å². The smallest absolute Gasteiger partial charge is 0.362 e. The van der Waals surface area contributed by atoms with E-state index in [9.17, 15) is 9.13 Å². The maximum absolute atomic E-state index is 14.1. The molecule has 0 radical (unpaired) electrons. The number of benzene rings is 2. The quantitative estimate of drug-likeness (QED) is 0.278. The zero-order chi connectivity index (χ0) is 26.9. The summed E-state index contributed by atoms with van der Waals surface area (Å²) in [6.45, 7) is 7.28. The molecule has 0 saturated carbocycles. The largest absolute Gasteiger partial charge is 0.497 e. The number of methoxy groups -OCH3 is 4. The summed E-state index contributed by atoms with van der Waals surface area (Å²) in [6, 6.07) is 6.31. The number of ether oxygens (including phenoxy) is 4. The van der Waals surface area contributed by atoms with Gasteiger partial charge in [-0.2, -0.15) is 0 Å². The first-order valence-electron chi connectivity index (χ1n) is 11.5. The minimum absolute atomic E-state index is 0.110. The van der Waals surface area contributed by atoms with Crippen LogP contribution in [0.15, 0.2) is 24.3 Å². The molecule has 0 amide bonds. The Morgan fingerprint density at radius 2 is 0.833 bits per heavy atom. The molecule has 2 aromatic carbocycles. The van der Waals surface area contributed by atoms with Gasteiger partial charge in [0.15, 0.2) is 0 Å². The summed E-state index contributed by atoms with van der Waals surface area (Å²) in [4.78, 5) is 0. The van der Waals surface area contributed by atoms with Gasteiger partial charge < -0.3 is 37.0 Å². The predicted molar refractivity (Wildman–Crippen MR) is 139 cm³/mol. The Balaban J connectivity index is 3.18. The molecular formula is C24H36O10P2. The summed E-state index contributed by atoms with van der Waals surface area (Å²) in [7, 11) is -2.00. The fourth-order valence-corrected chi connectivity index (χ4v) is 7.30. The molecule has 0 N–H and O–H groups in total. The second-order valence-corrected chi connectivity index (χ2v) is 11.1. The molecule has 202 valence electrons. The van der Waals surface area contributed by atoms with Crippen LogP contribution in [0.1, 0.15) is 27.7 Å². The summed E-state index contributed by atoms with van der Waals surface area (Å²) in [5.74, 6) is 1.23. The molecule has 0 aliphatic carbocycles. The average Bonchev–Trinajstić information content (AvgIpc) is 2.87. The lowest BCUT2D eigenvalue weighted by molar-refractivity contribution is 0.228. The summed E-state index contributed by atoms with van der Waals surface area (Å²) in [6.07, 6.45) is 0. The SMILES string of the molecule is CCOP(=O)(OCC)c1cc(OC)cc(OC)c1-c1c(OC)cc(OC)cc1P(=O)(OCC)OCC. The third kappa shape index (κ3) is 6.25. The first-order valence-corrected chi connectivity index (χ1v) is 14.6. The van der Waals surface area contributed by atoms with Gasteiger partial charge in [-0.3, -0.25) is 9.13 Å². The number of hydrogen-bond acceptors (Lipinski definition) is 10. The third-order valence-electron chi connectivity index (χ3n) is 5.06. The molecule has 0 bridgehead atoms. The van der Waals surface area contributed by atoms with Crippen LogP contribution in [0.3, 0.4) is 0 Å². The van der Waals surface area contributed by atoms with Crippen LogP contribution in [0.4, 0.5) is 0 Å². The summed E-state index contributed by atoms with van der Waals surface area (Å²) in [5.41, 5.74) is 0.551. The van der Waals surface area contributed by atoms with Gasteiger partial charge in [-0.15, -0.1) is 0 Å². The molecule has 2 aromatic rings. The van der Waals surface area contributed by atoms with Gasteiger partial charge in [0.1, 0.15) is 23.0 Å². The Bertz CT molecular complexity index is 1010. The van der Waals surface area contributed by atoms with Gasteiger partial charge in [-0.05, 0) is 39.8 Å². The monoisotopic (exact) mass is 546 g/mol. The van der Waals surface area contributed by atoms with Gasteiger partial charge >= 0.3 is 15.2 Å². The Hall–Kier alpha value is -2.06. The van der Waals surface area contributed by atoms with E-state index in [1.54, 1.807) is 52.0 Å². The molecule has 10 nitrogen and oxygen atoms in total. The van der Waals surface area contributed by atoms with E-state index in [0.717, 1.165) is 0 Å². The zero-order valence-electron chi connectivity index (χ0n) is 22.1. The maximum Gasteiger partial charge on any atom is 0.362 e. The molecule has 36 heavy (non-hydrogen) atoms. The van der Waals surface area contributed by atoms with Gasteiger partial charge in [0.2, 0.25) is 0 Å². The maximum atomic E-state index is 14.1. The summed E-state index contributed by atoms with van der Waals surface area (Å²) >= 11 is 0. The van der Waals surface area contributed by atoms with Crippen LogP contribution in [-0.2, 0) is 27.2 Å². The fraction of sp³-hybridized carbons (Fsp3) is 0.500. The van der Waals surface area contributed by atoms with Crippen LogP contribution >= 0.6 is 15.2 Å². The Kier molecular flexibility index (Phi) is 11.3. The Labute approximate surface area is 213 Å². The van der Waals surface area contributed by atoms with Crippen molar-refractivity contribution in [1.29, 1.82) is 0 Å². The number of rotatable bonds is 15. The highest BCUT2D eigenvalue weighted by Gasteiger charge is 2.39. The Morgan fingerprint density at radius 1 is 0.528 bits per heavy atom. The van der Waals surface area contributed by atoms with Crippen molar-refractivity contribution >= 4 is 25.8 Å². The molecule has 0 saturated heterocycles. The van der Waals surface area contributed by atoms with E-state index in [0.29, 0.717) is 11.5 Å². The molecule has 0 heterocycles. The fourth-order valence-electron chi connectivity index (χ4n) is 3.68. The molecule has 0 unspecified atom stereocenters. The molecule has 12 heteroatoms. The van der Waals surface area contributed by atoms with Crippen LogP contribution in [0.2, 0.25) is 0 Å². The van der Waals surface area contributed by atoms with Crippen LogP contribution in [0.25, 0.3) is 11.1 Å². The second kappa shape index (κ2) is 13.5. The summed E-state index contributed by atoms with van der Waals surface area (Å²) in [5, 5.41) is 0.290. The van der Waals surface area contributed by atoms with Crippen molar-refractivity contribution in [3.63, 3.8) is 0 Å². The van der Waals surface area contributed by atoms with Crippen molar-refractivity contribution in [2.75, 3.05) is 54.9 Å². The van der Waals surface area contributed by atoms with Gasteiger partial charge in [0, 0.05) is 23.3 Å². The van der Waals surface area contributed by atoms with E-state index in [1.807, 2.05) is 0 Å². The van der Waals surface area contributed by atoms with E-state index >= 15 is 0 Å². The van der Waals surface area contributed by atoms with Crippen molar-refractivity contribution in [2.24, 2.45) is 0 Å². The highest BCUT2D eigenvalue weighted by Crippen LogP contribution is 2.56. The van der Waals surface area contributed by atoms with Gasteiger partial charge in [0.25, 0.3) is 0 Å². The molecule has 0 fully saturated rings. The van der Waals surface area contributed by atoms with Crippen molar-refractivity contribution in [3.05, 3.63) is 24.3 Å². The topological polar surface area (TPSA) is 108 Å². The molecule has 0 aromatic heterocycles. The molecule has 0 atom stereocenters. The first kappa shape index (κ1) is 30.2. The van der Waals surface area contributed by atoms with E-state index in [2.05, 4.69) is 0 Å². The zero-order valence-corrected chi connectivity index (χ0v) is 23.9. The van der Waals surface area contributed by atoms with Crippen molar-refractivity contribution in [2.45, 2.75) is 27.7 Å². The molecular weight excluding hydrogens is 510 g/mol. The second-order valence-electron chi connectivity index (χ2n) is 7.11. The highest BCUT2D eigenvalue weighted by atomic mass is 31.2. The van der Waals surface area contributed by atoms with E-state index in [1.165, 1.54) is 28.4 Å². The molecule has 0 aliphatic heterocycles. The van der Waals surface area contributed by atoms with Crippen LogP contribution in [-0.4, -0.2) is 54.9 Å². The van der Waals surface area contributed by atoms with Gasteiger partial charge in [-0.25, -0.2) is 0 Å². The van der Waals surface area contributed by atoms with Crippen LogP contribution in [0, 0.1) is 0 Å². The highest BCUT2D eigenvalue weighted by molar-refractivity contribution is 7.63. The van der Waals surface area contributed by atoms with E-state index in [4.69, 9.17) is 37.0 Å². The van der Waals surface area contributed by atoms with Gasteiger partial charge in [0.05, 0.1) is 65.5 Å². The minimum atomic E-state index is -3.93. The first-order chi connectivity index (χ1) is 17.2. The van der Waals surface area contributed by atoms with Crippen LogP contribution < -0.4 is 29.6 Å². The van der Waals surface area contributed by atoms with E-state index < -0.39 is 15.2 Å². The van der Waals surface area contributed by atoms with Crippen molar-refractivity contribution < 1.29 is 46.2 Å². The lowest BCUT2D eigenvalue weighted by Crippen LogP contribution is -2.21. The minimum Gasteiger partial charge on any atom is -0.497 e. The van der Waals surface area contributed by atoms with Gasteiger partial charge in [-0.1, -0.05) is 0 Å². The standard InChI is InChI=1S/C24H36O10P2/c1-9-31-35(25,32-10-2)21-15-17(27-5)13-19(29-7)23(21)24-20(30-8)14-18(28-6)16-22(24)36(26,33-11-3)34-12-4/h13-16H,9-12H2,1-8H3. The molecule has 2 rings (SSSR count).